The average Bonchev–Trinajstić information content (AvgIpc) is 2.37. The van der Waals surface area contributed by atoms with Gasteiger partial charge < -0.3 is 10.0 Å². The molecule has 1 saturated heterocycles. The third-order valence-corrected chi connectivity index (χ3v) is 3.19. The Hall–Kier alpha value is -0.570. The van der Waals surface area contributed by atoms with Crippen LogP contribution in [0.4, 0.5) is 0 Å². The summed E-state index contributed by atoms with van der Waals surface area (Å²) in [6.07, 6.45) is 2.71. The molecule has 0 aromatic rings. The van der Waals surface area contributed by atoms with Gasteiger partial charge in [-0.2, -0.15) is 0 Å². The number of aliphatic hydroxyl groups excluding tert-OH is 1. The zero-order chi connectivity index (χ0) is 8.72. The van der Waals surface area contributed by atoms with Crippen LogP contribution in [0.25, 0.3) is 0 Å². The first-order chi connectivity index (χ1) is 5.68. The molecule has 3 atom stereocenters. The molecule has 0 unspecified atom stereocenters. The summed E-state index contributed by atoms with van der Waals surface area (Å²) in [6, 6.07) is 0.427. The van der Waals surface area contributed by atoms with Gasteiger partial charge in [0.15, 0.2) is 0 Å². The van der Waals surface area contributed by atoms with Crippen molar-refractivity contribution in [1.82, 2.24) is 4.90 Å². The molecular weight excluding hydrogens is 154 g/mol. The number of hydrogen-bond acceptors (Lipinski definition) is 2. The number of nitrogens with zero attached hydrogens (tertiary/aromatic N) is 1. The number of carbonyl (C=O) groups is 1. The molecule has 68 valence electrons. The highest BCUT2D eigenvalue weighted by Crippen LogP contribution is 2.35. The largest absolute Gasteiger partial charge is 0.393 e. The summed E-state index contributed by atoms with van der Waals surface area (Å²) in [5, 5.41) is 9.56. The zero-order valence-electron chi connectivity index (χ0n) is 7.36. The number of fused-ring (bicyclic) bond motifs is 2. The lowest BCUT2D eigenvalue weighted by Gasteiger charge is -2.24. The van der Waals surface area contributed by atoms with Gasteiger partial charge in [-0.1, -0.05) is 0 Å². The van der Waals surface area contributed by atoms with E-state index in [1.807, 2.05) is 4.90 Å². The fraction of sp³-hybridized carbons (Fsp3) is 0.889. The van der Waals surface area contributed by atoms with Crippen molar-refractivity contribution in [3.8, 4) is 0 Å². The molecule has 1 saturated carbocycles. The van der Waals surface area contributed by atoms with Crippen molar-refractivity contribution in [3.63, 3.8) is 0 Å². The number of aliphatic hydroxyl groups is 1. The maximum absolute atomic E-state index is 11.1. The standard InChI is InChI=1S/C9H15NO2/c1-6(11)10-5-7-4-8(10)2-3-9(7)12/h7-9,12H,2-5H2,1H3/t7-,8+,9-/m0/s1. The highest BCUT2D eigenvalue weighted by Gasteiger charge is 2.40. The Morgan fingerprint density at radius 2 is 2.25 bits per heavy atom. The molecule has 0 spiro atoms. The number of amides is 1. The summed E-state index contributed by atoms with van der Waals surface area (Å²) < 4.78 is 0. The third kappa shape index (κ3) is 1.12. The first kappa shape index (κ1) is 8.05. The summed E-state index contributed by atoms with van der Waals surface area (Å²) in [7, 11) is 0. The van der Waals surface area contributed by atoms with Crippen LogP contribution in [-0.4, -0.2) is 34.6 Å². The van der Waals surface area contributed by atoms with Gasteiger partial charge >= 0.3 is 0 Å². The maximum atomic E-state index is 11.1. The molecule has 0 aromatic carbocycles. The van der Waals surface area contributed by atoms with Crippen LogP contribution in [0.1, 0.15) is 26.2 Å². The van der Waals surface area contributed by atoms with Crippen LogP contribution in [0.5, 0.6) is 0 Å². The highest BCUT2D eigenvalue weighted by molar-refractivity contribution is 5.74. The van der Waals surface area contributed by atoms with E-state index < -0.39 is 0 Å². The summed E-state index contributed by atoms with van der Waals surface area (Å²) in [5.74, 6) is 0.518. The van der Waals surface area contributed by atoms with Gasteiger partial charge in [0.2, 0.25) is 5.91 Å². The molecule has 1 aliphatic carbocycles. The minimum Gasteiger partial charge on any atom is -0.393 e. The molecule has 1 heterocycles. The van der Waals surface area contributed by atoms with Crippen LogP contribution < -0.4 is 0 Å². The number of carbonyl (C=O) groups excluding carboxylic acids is 1. The van der Waals surface area contributed by atoms with Crippen LogP contribution in [0, 0.1) is 5.92 Å². The normalized spacial score (nSPS) is 40.2. The molecule has 3 heteroatoms. The first-order valence-corrected chi connectivity index (χ1v) is 4.63. The van der Waals surface area contributed by atoms with E-state index in [1.54, 1.807) is 6.92 Å². The third-order valence-electron chi connectivity index (χ3n) is 3.19. The van der Waals surface area contributed by atoms with E-state index in [9.17, 15) is 9.90 Å². The van der Waals surface area contributed by atoms with Crippen molar-refractivity contribution < 1.29 is 9.90 Å². The van der Waals surface area contributed by atoms with Crippen molar-refractivity contribution in [1.29, 1.82) is 0 Å². The molecule has 12 heavy (non-hydrogen) atoms. The Morgan fingerprint density at radius 1 is 1.50 bits per heavy atom. The molecule has 2 rings (SSSR count). The molecule has 1 N–H and O–H groups in total. The van der Waals surface area contributed by atoms with Crippen molar-refractivity contribution in [2.24, 2.45) is 5.92 Å². The van der Waals surface area contributed by atoms with Crippen molar-refractivity contribution >= 4 is 5.91 Å². The molecule has 0 aromatic heterocycles. The number of hydrogen-bond donors (Lipinski definition) is 1. The van der Waals surface area contributed by atoms with Gasteiger partial charge in [0.25, 0.3) is 0 Å². The van der Waals surface area contributed by atoms with Crippen LogP contribution in [-0.2, 0) is 4.79 Å². The van der Waals surface area contributed by atoms with E-state index in [-0.39, 0.29) is 12.0 Å². The van der Waals surface area contributed by atoms with Gasteiger partial charge in [-0.05, 0) is 19.3 Å². The minimum atomic E-state index is -0.161. The van der Waals surface area contributed by atoms with Gasteiger partial charge in [-0.25, -0.2) is 0 Å². The quantitative estimate of drug-likeness (QED) is 0.569. The fourth-order valence-corrected chi connectivity index (χ4v) is 2.49. The molecule has 2 bridgehead atoms. The zero-order valence-corrected chi connectivity index (χ0v) is 7.36. The Balaban J connectivity index is 2.10. The second kappa shape index (κ2) is 2.73. The number of likely N-dealkylation sites (tertiary alicyclic amines) is 1. The van der Waals surface area contributed by atoms with Crippen molar-refractivity contribution in [2.45, 2.75) is 38.3 Å². The van der Waals surface area contributed by atoms with E-state index in [1.165, 1.54) is 0 Å². The van der Waals surface area contributed by atoms with Crippen LogP contribution >= 0.6 is 0 Å². The van der Waals surface area contributed by atoms with Crippen LogP contribution in [0.2, 0.25) is 0 Å². The number of rotatable bonds is 0. The van der Waals surface area contributed by atoms with E-state index in [4.69, 9.17) is 0 Å². The van der Waals surface area contributed by atoms with Gasteiger partial charge in [-0.3, -0.25) is 4.79 Å². The Labute approximate surface area is 72.4 Å². The summed E-state index contributed by atoms with van der Waals surface area (Å²) >= 11 is 0. The van der Waals surface area contributed by atoms with Crippen LogP contribution in [0.3, 0.4) is 0 Å². The van der Waals surface area contributed by atoms with Gasteiger partial charge in [-0.15, -0.1) is 0 Å². The lowest BCUT2D eigenvalue weighted by Crippen LogP contribution is -2.33. The summed E-state index contributed by atoms with van der Waals surface area (Å²) in [6.45, 7) is 2.40. The van der Waals surface area contributed by atoms with Crippen molar-refractivity contribution in [2.75, 3.05) is 6.54 Å². The lowest BCUT2D eigenvalue weighted by molar-refractivity contribution is -0.129. The maximum Gasteiger partial charge on any atom is 0.219 e. The fourth-order valence-electron chi connectivity index (χ4n) is 2.49. The van der Waals surface area contributed by atoms with E-state index in [0.29, 0.717) is 12.0 Å². The predicted molar refractivity (Wildman–Crippen MR) is 44.5 cm³/mol. The smallest absolute Gasteiger partial charge is 0.219 e. The monoisotopic (exact) mass is 169 g/mol. The molecule has 2 aliphatic rings. The second-order valence-corrected chi connectivity index (χ2v) is 3.97. The van der Waals surface area contributed by atoms with E-state index in [2.05, 4.69) is 0 Å². The summed E-state index contributed by atoms with van der Waals surface area (Å²) in [5.41, 5.74) is 0. The second-order valence-electron chi connectivity index (χ2n) is 3.97. The lowest BCUT2D eigenvalue weighted by atomic mass is 9.88. The molecule has 2 fully saturated rings. The predicted octanol–water partition coefficient (Wildman–Crippen LogP) is 0.378. The minimum absolute atomic E-state index is 0.161. The van der Waals surface area contributed by atoms with Gasteiger partial charge in [0, 0.05) is 25.4 Å². The average molecular weight is 169 g/mol. The highest BCUT2D eigenvalue weighted by atomic mass is 16.3. The Morgan fingerprint density at radius 3 is 2.83 bits per heavy atom. The Bertz CT molecular complexity index is 205. The van der Waals surface area contributed by atoms with Gasteiger partial charge in [0.05, 0.1) is 6.10 Å². The molecule has 3 nitrogen and oxygen atoms in total. The van der Waals surface area contributed by atoms with Gasteiger partial charge in [0.1, 0.15) is 0 Å². The van der Waals surface area contributed by atoms with Crippen LogP contribution in [0.15, 0.2) is 0 Å². The molecular formula is C9H15NO2. The molecule has 0 radical (unpaired) electrons. The Kier molecular flexibility index (Phi) is 1.83. The summed E-state index contributed by atoms with van der Waals surface area (Å²) in [4.78, 5) is 13.1. The van der Waals surface area contributed by atoms with E-state index in [0.717, 1.165) is 25.8 Å². The van der Waals surface area contributed by atoms with Crippen molar-refractivity contribution in [3.05, 3.63) is 0 Å². The first-order valence-electron chi connectivity index (χ1n) is 4.63. The van der Waals surface area contributed by atoms with E-state index >= 15 is 0 Å². The SMILES string of the molecule is CC(=O)N1C[C@@H]2C[C@H]1CC[C@@H]2O. The topological polar surface area (TPSA) is 40.5 Å². The molecule has 1 aliphatic heterocycles. The molecule has 1 amide bonds.